The topological polar surface area (TPSA) is 103 Å². The van der Waals surface area contributed by atoms with Crippen molar-refractivity contribution in [1.29, 1.82) is 0 Å². The lowest BCUT2D eigenvalue weighted by atomic mass is 10.1. The molecule has 2 aromatic rings. The van der Waals surface area contributed by atoms with Crippen LogP contribution in [-0.2, 0) is 4.79 Å². The zero-order valence-corrected chi connectivity index (χ0v) is 13.3. The first-order chi connectivity index (χ1) is 11.9. The molecule has 0 spiro atoms. The summed E-state index contributed by atoms with van der Waals surface area (Å²) < 4.78 is 0. The van der Waals surface area contributed by atoms with Gasteiger partial charge in [0.2, 0.25) is 0 Å². The van der Waals surface area contributed by atoms with Crippen molar-refractivity contribution in [2.45, 2.75) is 6.92 Å². The summed E-state index contributed by atoms with van der Waals surface area (Å²) in [6.07, 6.45) is 4.57. The maximum atomic E-state index is 12.1. The average Bonchev–Trinajstić information content (AvgIpc) is 2.60. The van der Waals surface area contributed by atoms with E-state index in [1.165, 1.54) is 30.3 Å². The van der Waals surface area contributed by atoms with Crippen LogP contribution < -0.4 is 0 Å². The van der Waals surface area contributed by atoms with E-state index in [1.54, 1.807) is 43.3 Å². The molecule has 2 aromatic carbocycles. The van der Waals surface area contributed by atoms with Gasteiger partial charge in [0, 0.05) is 24.3 Å². The second-order valence-corrected chi connectivity index (χ2v) is 5.22. The van der Waals surface area contributed by atoms with Gasteiger partial charge in [-0.15, -0.1) is 0 Å². The van der Waals surface area contributed by atoms with Gasteiger partial charge in [-0.25, -0.2) is 0 Å². The predicted octanol–water partition coefficient (Wildman–Crippen LogP) is 4.19. The Bertz CT molecular complexity index is 865. The van der Waals surface area contributed by atoms with E-state index in [1.807, 2.05) is 0 Å². The number of rotatable bonds is 6. The summed E-state index contributed by atoms with van der Waals surface area (Å²) >= 11 is 0. The molecule has 0 aliphatic heterocycles. The van der Waals surface area contributed by atoms with Crippen LogP contribution in [0.4, 0.5) is 11.4 Å². The highest BCUT2D eigenvalue weighted by Crippen LogP contribution is 2.16. The third-order valence-electron chi connectivity index (χ3n) is 3.41. The minimum absolute atomic E-state index is 0.0146. The molecule has 0 aromatic heterocycles. The van der Waals surface area contributed by atoms with Crippen molar-refractivity contribution in [3.8, 4) is 0 Å². The van der Waals surface area contributed by atoms with E-state index in [0.29, 0.717) is 16.7 Å². The lowest BCUT2D eigenvalue weighted by Crippen LogP contribution is -1.94. The number of ketones is 1. The molecule has 0 fully saturated rings. The van der Waals surface area contributed by atoms with Crippen LogP contribution in [0.1, 0.15) is 18.1 Å². The number of nitrogens with zero attached hydrogens (tertiary/aromatic N) is 2. The fraction of sp³-hybridized carbons (Fsp3) is 0.0556. The molecule has 0 saturated carbocycles. The van der Waals surface area contributed by atoms with Gasteiger partial charge in [-0.3, -0.25) is 25.0 Å². The van der Waals surface area contributed by atoms with Crippen molar-refractivity contribution in [3.63, 3.8) is 0 Å². The van der Waals surface area contributed by atoms with Crippen molar-refractivity contribution >= 4 is 29.3 Å². The number of non-ortho nitro benzene ring substituents is 2. The Balaban J connectivity index is 2.08. The summed E-state index contributed by atoms with van der Waals surface area (Å²) in [5.74, 6) is -0.225. The molecule has 7 heteroatoms. The number of benzene rings is 2. The van der Waals surface area contributed by atoms with Gasteiger partial charge in [0.15, 0.2) is 5.78 Å². The summed E-state index contributed by atoms with van der Waals surface area (Å²) in [5.41, 5.74) is 1.78. The zero-order chi connectivity index (χ0) is 18.4. The van der Waals surface area contributed by atoms with Gasteiger partial charge in [0.1, 0.15) is 0 Å². The predicted molar refractivity (Wildman–Crippen MR) is 93.9 cm³/mol. The van der Waals surface area contributed by atoms with Crippen molar-refractivity contribution in [2.75, 3.05) is 0 Å². The van der Waals surface area contributed by atoms with Crippen LogP contribution in [0.2, 0.25) is 0 Å². The summed E-state index contributed by atoms with van der Waals surface area (Å²) in [4.78, 5) is 32.3. The number of nitro groups is 2. The van der Waals surface area contributed by atoms with Crippen molar-refractivity contribution in [3.05, 3.63) is 91.5 Å². The molecule has 126 valence electrons. The number of nitro benzene ring substituents is 2. The third-order valence-corrected chi connectivity index (χ3v) is 3.41. The van der Waals surface area contributed by atoms with Crippen LogP contribution in [0.3, 0.4) is 0 Å². The molecular formula is C18H14N2O5. The van der Waals surface area contributed by atoms with Crippen LogP contribution in [0.5, 0.6) is 0 Å². The Morgan fingerprint density at radius 1 is 0.840 bits per heavy atom. The summed E-state index contributed by atoms with van der Waals surface area (Å²) in [5, 5.41) is 21.2. The molecule has 2 rings (SSSR count). The standard InChI is InChI=1S/C18H14N2O5/c1-13(12-15-4-9-17(10-5-15)20(24)25)18(21)11-6-14-2-7-16(8-3-14)19(22)23/h2-12H,1H3/b11-6+,13-12+. The van der Waals surface area contributed by atoms with Crippen LogP contribution in [0.25, 0.3) is 12.2 Å². The minimum atomic E-state index is -0.490. The second-order valence-electron chi connectivity index (χ2n) is 5.22. The number of allylic oxidation sites excluding steroid dienone is 2. The molecule has 25 heavy (non-hydrogen) atoms. The average molecular weight is 338 g/mol. The van der Waals surface area contributed by atoms with Crippen molar-refractivity contribution in [2.24, 2.45) is 0 Å². The number of carbonyl (C=O) groups is 1. The fourth-order valence-corrected chi connectivity index (χ4v) is 2.02. The summed E-state index contributed by atoms with van der Waals surface area (Å²) in [6, 6.07) is 11.7. The Labute approximate surface area is 143 Å². The molecule has 0 radical (unpaired) electrons. The molecular weight excluding hydrogens is 324 g/mol. The monoisotopic (exact) mass is 338 g/mol. The molecule has 0 saturated heterocycles. The number of carbonyl (C=O) groups excluding carboxylic acids is 1. The molecule has 0 unspecified atom stereocenters. The largest absolute Gasteiger partial charge is 0.290 e. The van der Waals surface area contributed by atoms with Gasteiger partial charge in [0.25, 0.3) is 11.4 Å². The molecule has 0 amide bonds. The van der Waals surface area contributed by atoms with Crippen LogP contribution in [-0.4, -0.2) is 15.6 Å². The molecule has 0 aliphatic rings. The summed E-state index contributed by atoms with van der Waals surface area (Å²) in [7, 11) is 0. The number of hydrogen-bond donors (Lipinski definition) is 0. The Hall–Kier alpha value is -3.61. The quantitative estimate of drug-likeness (QED) is 0.446. The second kappa shape index (κ2) is 7.78. The Morgan fingerprint density at radius 3 is 1.72 bits per heavy atom. The van der Waals surface area contributed by atoms with E-state index < -0.39 is 9.85 Å². The van der Waals surface area contributed by atoms with Gasteiger partial charge in [0.05, 0.1) is 9.85 Å². The lowest BCUT2D eigenvalue weighted by Gasteiger charge is -1.98. The lowest BCUT2D eigenvalue weighted by molar-refractivity contribution is -0.385. The third kappa shape index (κ3) is 4.93. The molecule has 0 atom stereocenters. The van der Waals surface area contributed by atoms with E-state index in [4.69, 9.17) is 0 Å². The van der Waals surface area contributed by atoms with Crippen LogP contribution in [0, 0.1) is 20.2 Å². The first-order valence-electron chi connectivity index (χ1n) is 7.26. The molecule has 0 bridgehead atoms. The SMILES string of the molecule is C/C(=C\c1ccc([N+](=O)[O-])cc1)C(=O)/C=C/c1ccc([N+](=O)[O-])cc1. The maximum Gasteiger partial charge on any atom is 0.269 e. The van der Waals surface area contributed by atoms with Gasteiger partial charge in [-0.1, -0.05) is 6.08 Å². The summed E-state index contributed by atoms with van der Waals surface area (Å²) in [6.45, 7) is 1.64. The normalized spacial score (nSPS) is 11.5. The van der Waals surface area contributed by atoms with Gasteiger partial charge >= 0.3 is 0 Å². The first-order valence-corrected chi connectivity index (χ1v) is 7.26. The van der Waals surface area contributed by atoms with E-state index in [0.717, 1.165) is 0 Å². The highest BCUT2D eigenvalue weighted by Gasteiger charge is 2.05. The Kier molecular flexibility index (Phi) is 5.52. The fourth-order valence-electron chi connectivity index (χ4n) is 2.02. The smallest absolute Gasteiger partial charge is 0.269 e. The van der Waals surface area contributed by atoms with Crippen molar-refractivity contribution < 1.29 is 14.6 Å². The van der Waals surface area contributed by atoms with Crippen LogP contribution in [0.15, 0.2) is 60.2 Å². The highest BCUT2D eigenvalue weighted by atomic mass is 16.6. The van der Waals surface area contributed by atoms with Gasteiger partial charge in [-0.2, -0.15) is 0 Å². The van der Waals surface area contributed by atoms with Crippen LogP contribution >= 0.6 is 0 Å². The Morgan fingerprint density at radius 2 is 1.28 bits per heavy atom. The molecule has 0 heterocycles. The zero-order valence-electron chi connectivity index (χ0n) is 13.3. The van der Waals surface area contributed by atoms with Gasteiger partial charge in [-0.05, 0) is 60.0 Å². The van der Waals surface area contributed by atoms with Gasteiger partial charge < -0.3 is 0 Å². The first kappa shape index (κ1) is 17.7. The van der Waals surface area contributed by atoms with Crippen molar-refractivity contribution in [1.82, 2.24) is 0 Å². The van der Waals surface area contributed by atoms with E-state index in [9.17, 15) is 25.0 Å². The molecule has 0 aliphatic carbocycles. The van der Waals surface area contributed by atoms with E-state index >= 15 is 0 Å². The maximum absolute atomic E-state index is 12.1. The van der Waals surface area contributed by atoms with E-state index in [2.05, 4.69) is 0 Å². The highest BCUT2D eigenvalue weighted by molar-refractivity contribution is 6.08. The number of hydrogen-bond acceptors (Lipinski definition) is 5. The minimum Gasteiger partial charge on any atom is -0.290 e. The molecule has 0 N–H and O–H groups in total. The van der Waals surface area contributed by atoms with E-state index in [-0.39, 0.29) is 17.2 Å². The molecule has 7 nitrogen and oxygen atoms in total.